The number of hydrogen-bond acceptors (Lipinski definition) is 5. The summed E-state index contributed by atoms with van der Waals surface area (Å²) in [4.78, 5) is 46.1. The largest absolute Gasteiger partial charge is 0.341 e. The maximum atomic E-state index is 12.6. The SMILES string of the molecule is Cc1nccn1CC(=O)N1CCC(n2c(=O)[nH]c3ccsc3c2=O)CC1. The number of amides is 1. The van der Waals surface area contributed by atoms with Crippen LogP contribution in [-0.4, -0.2) is 43.0 Å². The Kier molecular flexibility index (Phi) is 4.23. The average molecular weight is 373 g/mol. The number of thiophene rings is 1. The summed E-state index contributed by atoms with van der Waals surface area (Å²) in [5, 5.41) is 1.80. The molecule has 9 heteroatoms. The Hall–Kier alpha value is -2.68. The highest BCUT2D eigenvalue weighted by Crippen LogP contribution is 2.21. The monoisotopic (exact) mass is 373 g/mol. The minimum atomic E-state index is -0.375. The van der Waals surface area contributed by atoms with Gasteiger partial charge >= 0.3 is 5.69 Å². The molecule has 0 radical (unpaired) electrons. The lowest BCUT2D eigenvalue weighted by Gasteiger charge is -2.32. The summed E-state index contributed by atoms with van der Waals surface area (Å²) in [6.45, 7) is 3.19. The molecule has 8 nitrogen and oxygen atoms in total. The smallest absolute Gasteiger partial charge is 0.329 e. The molecule has 136 valence electrons. The van der Waals surface area contributed by atoms with Crippen molar-refractivity contribution in [2.75, 3.05) is 13.1 Å². The highest BCUT2D eigenvalue weighted by atomic mass is 32.1. The number of nitrogens with zero attached hydrogens (tertiary/aromatic N) is 4. The first kappa shape index (κ1) is 16.8. The van der Waals surface area contributed by atoms with Crippen LogP contribution in [0.4, 0.5) is 0 Å². The molecule has 1 fully saturated rings. The van der Waals surface area contributed by atoms with Crippen LogP contribution >= 0.6 is 11.3 Å². The third-order valence-corrected chi connectivity index (χ3v) is 5.85. The van der Waals surface area contributed by atoms with E-state index in [1.165, 1.54) is 15.9 Å². The number of imidazole rings is 1. The fraction of sp³-hybridized carbons (Fsp3) is 0.412. The quantitative estimate of drug-likeness (QED) is 0.745. The van der Waals surface area contributed by atoms with Gasteiger partial charge in [-0.25, -0.2) is 9.78 Å². The maximum Gasteiger partial charge on any atom is 0.329 e. The number of carbonyl (C=O) groups is 1. The molecule has 1 aliphatic rings. The van der Waals surface area contributed by atoms with E-state index >= 15 is 0 Å². The van der Waals surface area contributed by atoms with Gasteiger partial charge in [-0.1, -0.05) is 0 Å². The van der Waals surface area contributed by atoms with Crippen LogP contribution in [0.15, 0.2) is 33.4 Å². The first-order chi connectivity index (χ1) is 12.5. The number of piperidine rings is 1. The first-order valence-electron chi connectivity index (χ1n) is 8.52. The Labute approximate surface area is 152 Å². The maximum absolute atomic E-state index is 12.6. The number of aromatic amines is 1. The predicted molar refractivity (Wildman–Crippen MR) is 98.5 cm³/mol. The molecule has 1 saturated heterocycles. The van der Waals surface area contributed by atoms with E-state index in [-0.39, 0.29) is 29.7 Å². The number of likely N-dealkylation sites (tertiary alicyclic amines) is 1. The van der Waals surface area contributed by atoms with Crippen LogP contribution < -0.4 is 11.2 Å². The van der Waals surface area contributed by atoms with Gasteiger partial charge in [0.1, 0.15) is 17.1 Å². The summed E-state index contributed by atoms with van der Waals surface area (Å²) in [5.41, 5.74) is -0.0261. The van der Waals surface area contributed by atoms with E-state index in [0.717, 1.165) is 5.82 Å². The molecule has 0 aliphatic carbocycles. The lowest BCUT2D eigenvalue weighted by atomic mass is 10.0. The number of nitrogens with one attached hydrogen (secondary N) is 1. The van der Waals surface area contributed by atoms with Crippen molar-refractivity contribution in [1.29, 1.82) is 0 Å². The summed E-state index contributed by atoms with van der Waals surface area (Å²) in [7, 11) is 0. The topological polar surface area (TPSA) is 93.0 Å². The van der Waals surface area contributed by atoms with E-state index in [2.05, 4.69) is 9.97 Å². The van der Waals surface area contributed by atoms with Crippen molar-refractivity contribution >= 4 is 27.5 Å². The van der Waals surface area contributed by atoms with Gasteiger partial charge in [0.25, 0.3) is 5.56 Å². The van der Waals surface area contributed by atoms with Crippen LogP contribution in [0.25, 0.3) is 10.2 Å². The molecule has 3 aromatic rings. The van der Waals surface area contributed by atoms with Gasteiger partial charge in [-0.05, 0) is 31.2 Å². The Balaban J connectivity index is 1.49. The normalized spacial score (nSPS) is 15.7. The summed E-state index contributed by atoms with van der Waals surface area (Å²) < 4.78 is 3.70. The first-order valence-corrected chi connectivity index (χ1v) is 9.40. The van der Waals surface area contributed by atoms with Gasteiger partial charge in [0.15, 0.2) is 0 Å². The van der Waals surface area contributed by atoms with Crippen LogP contribution in [0.2, 0.25) is 0 Å². The third-order valence-electron chi connectivity index (χ3n) is 4.95. The highest BCUT2D eigenvalue weighted by Gasteiger charge is 2.26. The van der Waals surface area contributed by atoms with Crippen LogP contribution in [0.3, 0.4) is 0 Å². The fourth-order valence-corrected chi connectivity index (χ4v) is 4.26. The number of aryl methyl sites for hydroxylation is 1. The van der Waals surface area contributed by atoms with E-state index in [0.29, 0.717) is 36.1 Å². The molecule has 3 aromatic heterocycles. The zero-order valence-electron chi connectivity index (χ0n) is 14.3. The number of H-pyrrole nitrogens is 1. The second-order valence-corrected chi connectivity index (χ2v) is 7.40. The third kappa shape index (κ3) is 2.88. The standard InChI is InChI=1S/C17H19N5O3S/c1-11-18-5-8-21(11)10-14(23)20-6-2-12(3-7-20)22-16(24)15-13(4-9-26-15)19-17(22)25/h4-5,8-9,12H,2-3,6-7,10H2,1H3,(H,19,25). The van der Waals surface area contributed by atoms with E-state index in [4.69, 9.17) is 0 Å². The van der Waals surface area contributed by atoms with E-state index < -0.39 is 0 Å². The van der Waals surface area contributed by atoms with Gasteiger partial charge in [0.2, 0.25) is 5.91 Å². The van der Waals surface area contributed by atoms with Gasteiger partial charge in [-0.2, -0.15) is 0 Å². The molecule has 0 bridgehead atoms. The predicted octanol–water partition coefficient (Wildman–Crippen LogP) is 1.12. The molecule has 0 unspecified atom stereocenters. The summed E-state index contributed by atoms with van der Waals surface area (Å²) >= 11 is 1.33. The van der Waals surface area contributed by atoms with Crippen molar-refractivity contribution in [3.63, 3.8) is 0 Å². The van der Waals surface area contributed by atoms with Gasteiger partial charge in [-0.3, -0.25) is 14.2 Å². The molecular weight excluding hydrogens is 354 g/mol. The van der Waals surface area contributed by atoms with E-state index in [9.17, 15) is 14.4 Å². The van der Waals surface area contributed by atoms with Gasteiger partial charge in [0.05, 0.1) is 5.52 Å². The molecule has 1 amide bonds. The number of hydrogen-bond donors (Lipinski definition) is 1. The Morgan fingerprint density at radius 1 is 1.35 bits per heavy atom. The van der Waals surface area contributed by atoms with Crippen LogP contribution in [0.5, 0.6) is 0 Å². The summed E-state index contributed by atoms with van der Waals surface area (Å²) in [6, 6.07) is 1.56. The Morgan fingerprint density at radius 3 is 2.81 bits per heavy atom. The minimum Gasteiger partial charge on any atom is -0.341 e. The highest BCUT2D eigenvalue weighted by molar-refractivity contribution is 7.17. The number of aromatic nitrogens is 4. The molecule has 0 spiro atoms. The van der Waals surface area contributed by atoms with E-state index in [1.54, 1.807) is 28.7 Å². The van der Waals surface area contributed by atoms with Crippen molar-refractivity contribution in [1.82, 2.24) is 24.0 Å². The number of fused-ring (bicyclic) bond motifs is 1. The van der Waals surface area contributed by atoms with Crippen LogP contribution in [0.1, 0.15) is 24.7 Å². The molecule has 4 heterocycles. The van der Waals surface area contributed by atoms with Crippen molar-refractivity contribution in [2.24, 2.45) is 0 Å². The van der Waals surface area contributed by atoms with Gasteiger partial charge in [0, 0.05) is 31.5 Å². The Bertz CT molecular complexity index is 1070. The van der Waals surface area contributed by atoms with Gasteiger partial charge in [-0.15, -0.1) is 11.3 Å². The molecule has 0 atom stereocenters. The second-order valence-electron chi connectivity index (χ2n) is 6.48. The van der Waals surface area contributed by atoms with Crippen LogP contribution in [-0.2, 0) is 11.3 Å². The molecule has 1 aliphatic heterocycles. The zero-order chi connectivity index (χ0) is 18.3. The van der Waals surface area contributed by atoms with E-state index in [1.807, 2.05) is 11.5 Å². The molecular formula is C17H19N5O3S. The van der Waals surface area contributed by atoms with Crippen LogP contribution in [0, 0.1) is 6.92 Å². The molecule has 1 N–H and O–H groups in total. The Morgan fingerprint density at radius 2 is 2.12 bits per heavy atom. The average Bonchev–Trinajstić information content (AvgIpc) is 3.25. The molecule has 26 heavy (non-hydrogen) atoms. The van der Waals surface area contributed by atoms with Gasteiger partial charge < -0.3 is 14.5 Å². The summed E-state index contributed by atoms with van der Waals surface area (Å²) in [6.07, 6.45) is 4.65. The van der Waals surface area contributed by atoms with Crippen molar-refractivity contribution in [2.45, 2.75) is 32.4 Å². The van der Waals surface area contributed by atoms with Crippen molar-refractivity contribution < 1.29 is 4.79 Å². The second kappa shape index (κ2) is 6.56. The number of rotatable bonds is 3. The lowest BCUT2D eigenvalue weighted by molar-refractivity contribution is -0.133. The fourth-order valence-electron chi connectivity index (χ4n) is 3.47. The number of carbonyl (C=O) groups excluding carboxylic acids is 1. The minimum absolute atomic E-state index is 0.0273. The molecule has 4 rings (SSSR count). The summed E-state index contributed by atoms with van der Waals surface area (Å²) in [5.74, 6) is 0.829. The molecule has 0 aromatic carbocycles. The molecule has 0 saturated carbocycles. The van der Waals surface area contributed by atoms with Crippen molar-refractivity contribution in [3.8, 4) is 0 Å². The van der Waals surface area contributed by atoms with Crippen molar-refractivity contribution in [3.05, 3.63) is 50.5 Å². The zero-order valence-corrected chi connectivity index (χ0v) is 15.2. The lowest BCUT2D eigenvalue weighted by Crippen LogP contribution is -2.45.